The maximum atomic E-state index is 11.8. The van der Waals surface area contributed by atoms with Crippen molar-refractivity contribution in [3.63, 3.8) is 0 Å². The Morgan fingerprint density at radius 2 is 2.06 bits per heavy atom. The van der Waals surface area contributed by atoms with Crippen LogP contribution in [0.1, 0.15) is 33.1 Å². The second-order valence-corrected chi connectivity index (χ2v) is 3.70. The summed E-state index contributed by atoms with van der Waals surface area (Å²) in [5, 5.41) is 9.61. The second-order valence-electron chi connectivity index (χ2n) is 3.70. The summed E-state index contributed by atoms with van der Waals surface area (Å²) >= 11 is 0. The van der Waals surface area contributed by atoms with Gasteiger partial charge in [0.25, 0.3) is 0 Å². The van der Waals surface area contributed by atoms with Crippen LogP contribution in [0.15, 0.2) is 34.8 Å². The van der Waals surface area contributed by atoms with Crippen molar-refractivity contribution in [1.82, 2.24) is 0 Å². The lowest BCUT2D eigenvalue weighted by molar-refractivity contribution is -0.115. The standard InChI is InChI=1S/C13H18O3/c1-4-11(15)13(9(2)14)10-7-5-6-8-12(10)16-3/h7-8,14H,4-6H2,1-3H3/b13-9+. The van der Waals surface area contributed by atoms with Crippen molar-refractivity contribution < 1.29 is 14.6 Å². The fraction of sp³-hybridized carbons (Fsp3) is 0.462. The average molecular weight is 222 g/mol. The third kappa shape index (κ3) is 2.54. The maximum absolute atomic E-state index is 11.8. The SMILES string of the molecule is CCC(=O)/C(C1=CCCC=C1OC)=C(\C)O. The number of allylic oxidation sites excluding steroid dienone is 4. The smallest absolute Gasteiger partial charge is 0.166 e. The zero-order valence-corrected chi connectivity index (χ0v) is 10.0. The maximum Gasteiger partial charge on any atom is 0.166 e. The van der Waals surface area contributed by atoms with Gasteiger partial charge in [0.2, 0.25) is 0 Å². The number of hydrogen-bond donors (Lipinski definition) is 1. The molecule has 0 saturated heterocycles. The van der Waals surface area contributed by atoms with Crippen LogP contribution >= 0.6 is 0 Å². The van der Waals surface area contributed by atoms with Gasteiger partial charge in [-0.25, -0.2) is 0 Å². The highest BCUT2D eigenvalue weighted by Crippen LogP contribution is 2.28. The van der Waals surface area contributed by atoms with Crippen molar-refractivity contribution in [3.8, 4) is 0 Å². The number of carbonyl (C=O) groups excluding carboxylic acids is 1. The predicted molar refractivity (Wildman–Crippen MR) is 63.0 cm³/mol. The molecule has 0 aliphatic heterocycles. The van der Waals surface area contributed by atoms with Crippen LogP contribution in [0.2, 0.25) is 0 Å². The minimum atomic E-state index is -0.0592. The van der Waals surface area contributed by atoms with Gasteiger partial charge in [0.1, 0.15) is 11.5 Å². The lowest BCUT2D eigenvalue weighted by Gasteiger charge is -2.17. The van der Waals surface area contributed by atoms with Crippen LogP contribution in [0.4, 0.5) is 0 Å². The zero-order valence-electron chi connectivity index (χ0n) is 10.0. The van der Waals surface area contributed by atoms with Crippen molar-refractivity contribution in [2.75, 3.05) is 7.11 Å². The van der Waals surface area contributed by atoms with Crippen molar-refractivity contribution in [3.05, 3.63) is 34.8 Å². The average Bonchev–Trinajstić information content (AvgIpc) is 2.29. The molecular weight excluding hydrogens is 204 g/mol. The number of Topliss-reactive ketones (excluding diaryl/α,β-unsaturated/α-hetero) is 1. The quantitative estimate of drug-likeness (QED) is 0.587. The molecule has 1 N–H and O–H groups in total. The number of aliphatic hydroxyl groups excluding tert-OH is 1. The second kappa shape index (κ2) is 5.54. The first-order chi connectivity index (χ1) is 7.61. The number of hydrogen-bond acceptors (Lipinski definition) is 3. The first-order valence-corrected chi connectivity index (χ1v) is 5.49. The molecule has 0 unspecified atom stereocenters. The van der Waals surface area contributed by atoms with Crippen molar-refractivity contribution in [1.29, 1.82) is 0 Å². The van der Waals surface area contributed by atoms with Gasteiger partial charge in [0.15, 0.2) is 5.78 Å². The zero-order chi connectivity index (χ0) is 12.1. The predicted octanol–water partition coefficient (Wildman–Crippen LogP) is 3.05. The first-order valence-electron chi connectivity index (χ1n) is 5.49. The molecule has 16 heavy (non-hydrogen) atoms. The van der Waals surface area contributed by atoms with Crippen molar-refractivity contribution >= 4 is 5.78 Å². The number of carbonyl (C=O) groups is 1. The van der Waals surface area contributed by atoms with Crippen LogP contribution in [0.3, 0.4) is 0 Å². The van der Waals surface area contributed by atoms with E-state index in [1.54, 1.807) is 14.0 Å². The lowest BCUT2D eigenvalue weighted by atomic mass is 9.93. The summed E-state index contributed by atoms with van der Waals surface area (Å²) in [7, 11) is 1.58. The molecule has 0 bridgehead atoms. The molecule has 0 aromatic heterocycles. The molecule has 1 aliphatic carbocycles. The summed E-state index contributed by atoms with van der Waals surface area (Å²) in [6.45, 7) is 3.32. The lowest BCUT2D eigenvalue weighted by Crippen LogP contribution is -2.11. The highest BCUT2D eigenvalue weighted by Gasteiger charge is 2.21. The first kappa shape index (κ1) is 12.6. The Morgan fingerprint density at radius 1 is 1.44 bits per heavy atom. The van der Waals surface area contributed by atoms with Crippen molar-refractivity contribution in [2.24, 2.45) is 0 Å². The summed E-state index contributed by atoms with van der Waals surface area (Å²) in [5.41, 5.74) is 1.11. The molecule has 0 amide bonds. The minimum absolute atomic E-state index is 0.0583. The van der Waals surface area contributed by atoms with E-state index in [9.17, 15) is 9.90 Å². The molecule has 0 spiro atoms. The van der Waals surface area contributed by atoms with Gasteiger partial charge in [-0.1, -0.05) is 13.0 Å². The highest BCUT2D eigenvalue weighted by molar-refractivity contribution is 6.00. The van der Waals surface area contributed by atoms with Gasteiger partial charge in [-0.15, -0.1) is 0 Å². The van der Waals surface area contributed by atoms with Gasteiger partial charge in [-0.05, 0) is 25.8 Å². The Kier molecular flexibility index (Phi) is 4.35. The molecule has 0 aromatic carbocycles. The van der Waals surface area contributed by atoms with Crippen LogP contribution in [0.5, 0.6) is 0 Å². The fourth-order valence-corrected chi connectivity index (χ4v) is 1.79. The van der Waals surface area contributed by atoms with E-state index in [-0.39, 0.29) is 11.5 Å². The molecule has 0 aromatic rings. The van der Waals surface area contributed by atoms with Crippen LogP contribution in [-0.4, -0.2) is 18.0 Å². The van der Waals surface area contributed by atoms with Crippen LogP contribution < -0.4 is 0 Å². The summed E-state index contributed by atoms with van der Waals surface area (Å²) in [6, 6.07) is 0. The van der Waals surface area contributed by atoms with E-state index < -0.39 is 0 Å². The van der Waals surface area contributed by atoms with Gasteiger partial charge < -0.3 is 9.84 Å². The van der Waals surface area contributed by atoms with E-state index in [0.29, 0.717) is 17.8 Å². The van der Waals surface area contributed by atoms with Gasteiger partial charge >= 0.3 is 0 Å². The molecular formula is C13H18O3. The van der Waals surface area contributed by atoms with E-state index in [0.717, 1.165) is 18.4 Å². The Balaban J connectivity index is 3.15. The largest absolute Gasteiger partial charge is 0.512 e. The van der Waals surface area contributed by atoms with Gasteiger partial charge in [0, 0.05) is 12.0 Å². The molecule has 0 heterocycles. The van der Waals surface area contributed by atoms with E-state index in [1.165, 1.54) is 6.92 Å². The molecule has 88 valence electrons. The topological polar surface area (TPSA) is 46.5 Å². The summed E-state index contributed by atoms with van der Waals surface area (Å²) in [4.78, 5) is 11.8. The molecule has 1 rings (SSSR count). The molecule has 0 saturated carbocycles. The molecule has 3 heteroatoms. The molecule has 3 nitrogen and oxygen atoms in total. The normalized spacial score (nSPS) is 17.2. The minimum Gasteiger partial charge on any atom is -0.512 e. The number of methoxy groups -OCH3 is 1. The van der Waals surface area contributed by atoms with E-state index in [2.05, 4.69) is 0 Å². The van der Waals surface area contributed by atoms with Crippen LogP contribution in [0, 0.1) is 0 Å². The van der Waals surface area contributed by atoms with Gasteiger partial charge in [-0.2, -0.15) is 0 Å². The van der Waals surface area contributed by atoms with Crippen molar-refractivity contribution in [2.45, 2.75) is 33.1 Å². The van der Waals surface area contributed by atoms with E-state index in [4.69, 9.17) is 4.74 Å². The summed E-state index contributed by atoms with van der Waals surface area (Å²) in [6.07, 6.45) is 6.05. The number of aliphatic hydroxyl groups is 1. The van der Waals surface area contributed by atoms with E-state index >= 15 is 0 Å². The monoisotopic (exact) mass is 222 g/mol. The van der Waals surface area contributed by atoms with Gasteiger partial charge in [0.05, 0.1) is 12.7 Å². The number of ketones is 1. The third-order valence-corrected chi connectivity index (χ3v) is 2.56. The molecule has 0 radical (unpaired) electrons. The Morgan fingerprint density at radius 3 is 2.56 bits per heavy atom. The Bertz CT molecular complexity index is 369. The Hall–Kier alpha value is -1.51. The fourth-order valence-electron chi connectivity index (χ4n) is 1.79. The third-order valence-electron chi connectivity index (χ3n) is 2.56. The number of rotatable bonds is 4. The number of ether oxygens (including phenoxy) is 1. The molecule has 0 atom stereocenters. The van der Waals surface area contributed by atoms with Gasteiger partial charge in [-0.3, -0.25) is 4.79 Å². The summed E-state index contributed by atoms with van der Waals surface area (Å²) in [5.74, 6) is 0.676. The van der Waals surface area contributed by atoms with Crippen LogP contribution in [0.25, 0.3) is 0 Å². The summed E-state index contributed by atoms with van der Waals surface area (Å²) < 4.78 is 5.22. The van der Waals surface area contributed by atoms with Crippen LogP contribution in [-0.2, 0) is 9.53 Å². The highest BCUT2D eigenvalue weighted by atomic mass is 16.5. The molecule has 0 fully saturated rings. The Labute approximate surface area is 96.1 Å². The molecule has 1 aliphatic rings. The van der Waals surface area contributed by atoms with E-state index in [1.807, 2.05) is 12.2 Å².